The van der Waals surface area contributed by atoms with E-state index < -0.39 is 6.04 Å². The van der Waals surface area contributed by atoms with Crippen LogP contribution in [0.3, 0.4) is 0 Å². The molecular formula is C33H48N4O3S. The Morgan fingerprint density at radius 3 is 2.39 bits per heavy atom. The van der Waals surface area contributed by atoms with Gasteiger partial charge in [-0.25, -0.2) is 0 Å². The summed E-state index contributed by atoms with van der Waals surface area (Å²) in [7, 11) is 3.97. The third-order valence-corrected chi connectivity index (χ3v) is 8.00. The largest absolute Gasteiger partial charge is 0.379 e. The molecule has 1 amide bonds. The van der Waals surface area contributed by atoms with Gasteiger partial charge in [0.15, 0.2) is 0 Å². The molecule has 1 N–H and O–H groups in total. The normalized spacial score (nSPS) is 16.6. The summed E-state index contributed by atoms with van der Waals surface area (Å²) in [5.41, 5.74) is 4.20. The van der Waals surface area contributed by atoms with Gasteiger partial charge in [0.05, 0.1) is 6.10 Å². The average Bonchev–Trinajstić information content (AvgIpc) is 2.96. The molecule has 2 aromatic carbocycles. The maximum atomic E-state index is 12.8. The number of benzene rings is 2. The minimum atomic E-state index is -0.625. The van der Waals surface area contributed by atoms with Gasteiger partial charge in [0, 0.05) is 74.5 Å². The Balaban J connectivity index is 0.000000445. The Kier molecular flexibility index (Phi) is 13.4. The van der Waals surface area contributed by atoms with Crippen LogP contribution in [0.1, 0.15) is 51.2 Å². The molecule has 2 aliphatic heterocycles. The highest BCUT2D eigenvalue weighted by molar-refractivity contribution is 7.84. The van der Waals surface area contributed by atoms with Gasteiger partial charge in [0.25, 0.3) is 0 Å². The number of thiol groups is 1. The van der Waals surface area contributed by atoms with Gasteiger partial charge in [-0.1, -0.05) is 48.5 Å². The minimum absolute atomic E-state index is 0.0372. The Labute approximate surface area is 252 Å². The molecule has 4 rings (SSSR count). The Bertz CT molecular complexity index is 1130. The predicted octanol–water partition coefficient (Wildman–Crippen LogP) is 4.88. The van der Waals surface area contributed by atoms with Crippen molar-refractivity contribution in [1.82, 2.24) is 15.1 Å². The lowest BCUT2D eigenvalue weighted by Gasteiger charge is -2.42. The summed E-state index contributed by atoms with van der Waals surface area (Å²) in [4.78, 5) is 32.5. The van der Waals surface area contributed by atoms with E-state index in [1.54, 1.807) is 11.8 Å². The number of aldehydes is 1. The number of likely N-dealkylation sites (N-methyl/N-ethyl adjacent to an activating group) is 1. The van der Waals surface area contributed by atoms with E-state index in [0.29, 0.717) is 12.6 Å². The van der Waals surface area contributed by atoms with Crippen molar-refractivity contribution in [3.05, 3.63) is 70.6 Å². The highest BCUT2D eigenvalue weighted by Gasteiger charge is 2.36. The number of ether oxygens (including phenoxy) is 1. The van der Waals surface area contributed by atoms with Gasteiger partial charge in [-0.15, -0.1) is 12.6 Å². The summed E-state index contributed by atoms with van der Waals surface area (Å²) in [6.07, 6.45) is 4.11. The van der Waals surface area contributed by atoms with Gasteiger partial charge >= 0.3 is 0 Å². The molecule has 0 aromatic heterocycles. The van der Waals surface area contributed by atoms with E-state index in [4.69, 9.17) is 17.4 Å². The van der Waals surface area contributed by atoms with E-state index in [0.717, 1.165) is 80.1 Å². The number of hydrogen-bond donors (Lipinski definition) is 2. The van der Waals surface area contributed by atoms with Crippen LogP contribution in [0.2, 0.25) is 0 Å². The maximum Gasteiger partial charge on any atom is 0.220 e. The van der Waals surface area contributed by atoms with E-state index >= 15 is 0 Å². The molecule has 0 bridgehead atoms. The van der Waals surface area contributed by atoms with Crippen molar-refractivity contribution in [2.75, 3.05) is 51.8 Å². The molecule has 41 heavy (non-hydrogen) atoms. The van der Waals surface area contributed by atoms with E-state index in [2.05, 4.69) is 59.3 Å². The van der Waals surface area contributed by atoms with E-state index in [1.165, 1.54) is 5.56 Å². The van der Waals surface area contributed by atoms with Crippen LogP contribution in [0.15, 0.2) is 59.5 Å². The second kappa shape index (κ2) is 16.7. The zero-order chi connectivity index (χ0) is 29.8. The molecular weight excluding hydrogens is 532 g/mol. The topological polar surface area (TPSA) is 65.1 Å². The number of fused-ring (bicyclic) bond motifs is 1. The fourth-order valence-electron chi connectivity index (χ4n) is 5.63. The molecule has 1 saturated heterocycles. The Morgan fingerprint density at radius 1 is 1.12 bits per heavy atom. The maximum absolute atomic E-state index is 12.8. The Morgan fingerprint density at radius 2 is 1.78 bits per heavy atom. The number of likely N-dealkylation sites (tertiary alicyclic amines) is 1. The summed E-state index contributed by atoms with van der Waals surface area (Å²) >= 11 is 4.76. The molecule has 7 nitrogen and oxygen atoms in total. The lowest BCUT2D eigenvalue weighted by Crippen LogP contribution is -2.52. The molecule has 2 aromatic rings. The van der Waals surface area contributed by atoms with Crippen LogP contribution in [0, 0.1) is 0 Å². The molecule has 8 heteroatoms. The molecule has 0 radical (unpaired) electrons. The average molecular weight is 581 g/mol. The number of carbonyl (C=O) groups excluding carboxylic acids is 2. The molecule has 224 valence electrons. The van der Waals surface area contributed by atoms with Crippen LogP contribution in [0.5, 0.6) is 0 Å². The number of amides is 1. The van der Waals surface area contributed by atoms with Gasteiger partial charge in [-0.2, -0.15) is 0 Å². The first-order valence-electron chi connectivity index (χ1n) is 14.8. The SMILES string of the molecule is CC(=O)N(C1CCN(Cc2ccccc2)CC1)C(C=O)C1=C(S)CN(C)c2ccccc21.CNCCCOC(C)C. The van der Waals surface area contributed by atoms with Crippen LogP contribution in [-0.4, -0.2) is 87.1 Å². The zero-order valence-electron chi connectivity index (χ0n) is 25.4. The number of carbonyl (C=O) groups is 2. The fourth-order valence-corrected chi connectivity index (χ4v) is 6.10. The molecule has 0 spiro atoms. The summed E-state index contributed by atoms with van der Waals surface area (Å²) in [6.45, 7) is 11.0. The molecule has 2 aliphatic rings. The molecule has 1 fully saturated rings. The van der Waals surface area contributed by atoms with Crippen LogP contribution in [-0.2, 0) is 20.9 Å². The summed E-state index contributed by atoms with van der Waals surface area (Å²) < 4.78 is 5.30. The Hall–Kier alpha value is -2.65. The zero-order valence-corrected chi connectivity index (χ0v) is 26.3. The number of hydrogen-bond acceptors (Lipinski definition) is 7. The smallest absolute Gasteiger partial charge is 0.220 e. The van der Waals surface area contributed by atoms with Crippen LogP contribution >= 0.6 is 12.6 Å². The highest BCUT2D eigenvalue weighted by atomic mass is 32.1. The second-order valence-electron chi connectivity index (χ2n) is 11.1. The summed E-state index contributed by atoms with van der Waals surface area (Å²) in [6, 6.07) is 17.9. The number of anilines is 1. The number of nitrogens with one attached hydrogen (secondary N) is 1. The minimum Gasteiger partial charge on any atom is -0.379 e. The molecule has 0 saturated carbocycles. The molecule has 0 aliphatic carbocycles. The molecule has 1 unspecified atom stereocenters. The lowest BCUT2D eigenvalue weighted by atomic mass is 9.90. The predicted molar refractivity (Wildman–Crippen MR) is 172 cm³/mol. The monoisotopic (exact) mass is 580 g/mol. The van der Waals surface area contributed by atoms with E-state index in [9.17, 15) is 9.59 Å². The standard InChI is InChI=1S/C26H31N3O2S.C7H17NO/c1-19(31)29(21-12-14-28(15-13-21)16-20-8-4-3-5-9-20)24(18-30)26-22-10-6-7-11-23(22)27(2)17-25(26)32;1-7(2)9-6-4-5-8-3/h3-11,18,21,24,32H,12-17H2,1-2H3;7-8H,4-6H2,1-3H3. The van der Waals surface area contributed by atoms with E-state index in [-0.39, 0.29) is 11.9 Å². The molecule has 2 heterocycles. The van der Waals surface area contributed by atoms with Crippen molar-refractivity contribution < 1.29 is 14.3 Å². The van der Waals surface area contributed by atoms with Crippen LogP contribution in [0.4, 0.5) is 5.69 Å². The third-order valence-electron chi connectivity index (χ3n) is 7.61. The van der Waals surface area contributed by atoms with Crippen molar-refractivity contribution in [2.24, 2.45) is 0 Å². The van der Waals surface area contributed by atoms with Crippen LogP contribution in [0.25, 0.3) is 5.57 Å². The van der Waals surface area contributed by atoms with Crippen molar-refractivity contribution in [3.63, 3.8) is 0 Å². The quantitative estimate of drug-likeness (QED) is 0.225. The van der Waals surface area contributed by atoms with E-state index in [1.807, 2.05) is 38.4 Å². The van der Waals surface area contributed by atoms with Gasteiger partial charge in [-0.3, -0.25) is 9.69 Å². The fraction of sp³-hybridized carbons (Fsp3) is 0.515. The highest BCUT2D eigenvalue weighted by Crippen LogP contribution is 2.39. The number of rotatable bonds is 11. The van der Waals surface area contributed by atoms with Gasteiger partial charge in [0.1, 0.15) is 12.3 Å². The second-order valence-corrected chi connectivity index (χ2v) is 11.7. The first kappa shape index (κ1) is 32.9. The number of para-hydroxylation sites is 1. The molecule has 1 atom stereocenters. The first-order valence-corrected chi connectivity index (χ1v) is 15.2. The third kappa shape index (κ3) is 9.43. The summed E-state index contributed by atoms with van der Waals surface area (Å²) in [5.74, 6) is -0.0614. The first-order chi connectivity index (χ1) is 19.8. The van der Waals surface area contributed by atoms with Gasteiger partial charge in [-0.05, 0) is 58.3 Å². The van der Waals surface area contributed by atoms with Crippen molar-refractivity contribution in [2.45, 2.75) is 64.8 Å². The van der Waals surface area contributed by atoms with Crippen molar-refractivity contribution >= 4 is 36.1 Å². The van der Waals surface area contributed by atoms with Crippen LogP contribution < -0.4 is 10.2 Å². The van der Waals surface area contributed by atoms with Gasteiger partial charge in [0.2, 0.25) is 5.91 Å². The van der Waals surface area contributed by atoms with Crippen molar-refractivity contribution in [3.8, 4) is 0 Å². The van der Waals surface area contributed by atoms with Gasteiger partial charge < -0.3 is 24.6 Å². The number of nitrogens with zero attached hydrogens (tertiary/aromatic N) is 3. The van der Waals surface area contributed by atoms with Crippen molar-refractivity contribution in [1.29, 1.82) is 0 Å². The lowest BCUT2D eigenvalue weighted by molar-refractivity contribution is -0.136. The summed E-state index contributed by atoms with van der Waals surface area (Å²) in [5, 5.41) is 3.06. The number of piperidine rings is 1.